The van der Waals surface area contributed by atoms with Crippen molar-refractivity contribution in [1.82, 2.24) is 0 Å². The maximum Gasteiger partial charge on any atom is 0.364 e. The second-order valence-corrected chi connectivity index (χ2v) is 2.12. The lowest BCUT2D eigenvalue weighted by atomic mass is 10.1. The molecule has 0 aromatic rings. The van der Waals surface area contributed by atoms with Crippen LogP contribution in [0, 0.1) is 6.08 Å². The Morgan fingerprint density at radius 2 is 2.40 bits per heavy atom. The van der Waals surface area contributed by atoms with Crippen LogP contribution in [0.1, 0.15) is 0 Å². The van der Waals surface area contributed by atoms with Crippen LogP contribution in [-0.4, -0.2) is 11.1 Å². The lowest BCUT2D eigenvalue weighted by Crippen LogP contribution is -2.00. The quantitative estimate of drug-likeness (QED) is 0.583. The van der Waals surface area contributed by atoms with E-state index in [0.29, 0.717) is 0 Å². The second-order valence-electron chi connectivity index (χ2n) is 1.71. The first-order chi connectivity index (χ1) is 4.72. The third kappa shape index (κ3) is 1.24. The van der Waals surface area contributed by atoms with E-state index in [-0.39, 0.29) is 10.6 Å². The molecule has 0 fully saturated rings. The van der Waals surface area contributed by atoms with Crippen LogP contribution >= 0.6 is 11.6 Å². The number of allylic oxidation sites excluding steroid dienone is 4. The third-order valence-electron chi connectivity index (χ3n) is 1.04. The average molecular weight is 156 g/mol. The van der Waals surface area contributed by atoms with Gasteiger partial charge in [0, 0.05) is 17.7 Å². The molecule has 0 atom stereocenters. The molecule has 50 valence electrons. The maximum atomic E-state index is 10.3. The van der Waals surface area contributed by atoms with E-state index in [2.05, 4.69) is 6.08 Å². The fourth-order valence-electron chi connectivity index (χ4n) is 0.584. The van der Waals surface area contributed by atoms with Crippen molar-refractivity contribution in [3.05, 3.63) is 34.9 Å². The van der Waals surface area contributed by atoms with E-state index in [1.54, 1.807) is 0 Å². The largest absolute Gasteiger partial charge is 0.476 e. The summed E-state index contributed by atoms with van der Waals surface area (Å²) in [4.78, 5) is 10.3. The molecule has 0 amide bonds. The number of carbonyl (C=O) groups is 1. The van der Waals surface area contributed by atoms with Gasteiger partial charge in [0.1, 0.15) is 12.2 Å². The van der Waals surface area contributed by atoms with Crippen LogP contribution < -0.4 is 0 Å². The van der Waals surface area contributed by atoms with Crippen LogP contribution in [0.3, 0.4) is 0 Å². The SMILES string of the molecule is O=C(O)C1=C(Cl)C=[C+]C=C1. The first-order valence-corrected chi connectivity index (χ1v) is 2.98. The number of hydrogen-bond donors (Lipinski definition) is 1. The summed E-state index contributed by atoms with van der Waals surface area (Å²) in [5, 5.41) is 8.68. The number of hydrogen-bond acceptors (Lipinski definition) is 1. The smallest absolute Gasteiger partial charge is 0.364 e. The zero-order valence-corrected chi connectivity index (χ0v) is 5.72. The van der Waals surface area contributed by atoms with Gasteiger partial charge in [-0.05, 0) is 0 Å². The number of aliphatic carboxylic acids is 1. The molecule has 10 heavy (non-hydrogen) atoms. The van der Waals surface area contributed by atoms with E-state index in [1.165, 1.54) is 18.2 Å². The Labute approximate surface area is 63.1 Å². The minimum atomic E-state index is -1.01. The molecule has 1 aliphatic carbocycles. The predicted octanol–water partition coefficient (Wildman–Crippen LogP) is 1.49. The molecule has 0 saturated heterocycles. The van der Waals surface area contributed by atoms with E-state index >= 15 is 0 Å². The fourth-order valence-corrected chi connectivity index (χ4v) is 0.790. The highest BCUT2D eigenvalue weighted by Gasteiger charge is 2.17. The minimum Gasteiger partial charge on any atom is -0.476 e. The number of carboxylic acid groups (broad SMARTS) is 1. The van der Waals surface area contributed by atoms with E-state index in [1.807, 2.05) is 0 Å². The Bertz CT molecular complexity index is 248. The summed E-state index contributed by atoms with van der Waals surface area (Å²) < 4.78 is 0. The van der Waals surface area contributed by atoms with Gasteiger partial charge in [-0.1, -0.05) is 0 Å². The topological polar surface area (TPSA) is 37.3 Å². The molecule has 0 unspecified atom stereocenters. The molecule has 0 heterocycles. The summed E-state index contributed by atoms with van der Waals surface area (Å²) in [6.45, 7) is 0. The number of halogens is 1. The summed E-state index contributed by atoms with van der Waals surface area (Å²) in [5.74, 6) is -1.01. The zero-order chi connectivity index (χ0) is 7.56. The van der Waals surface area contributed by atoms with Crippen molar-refractivity contribution in [3.8, 4) is 0 Å². The standard InChI is InChI=1S/C7H3ClO2/c8-6-4-2-1-3-5(6)7(9)10/h1,3-4H/p+1. The summed E-state index contributed by atoms with van der Waals surface area (Å²) in [5.41, 5.74) is 0.111. The summed E-state index contributed by atoms with van der Waals surface area (Å²) in [6, 6.07) is 0. The Balaban J connectivity index is 3.04. The highest BCUT2D eigenvalue weighted by Crippen LogP contribution is 2.15. The number of rotatable bonds is 1. The summed E-state index contributed by atoms with van der Waals surface area (Å²) >= 11 is 5.51. The van der Waals surface area contributed by atoms with Gasteiger partial charge in [0.2, 0.25) is 0 Å². The van der Waals surface area contributed by atoms with E-state index < -0.39 is 5.97 Å². The van der Waals surface area contributed by atoms with Gasteiger partial charge in [0.25, 0.3) is 0 Å². The first-order valence-electron chi connectivity index (χ1n) is 2.60. The molecule has 0 aliphatic heterocycles. The van der Waals surface area contributed by atoms with E-state index in [0.717, 1.165) is 0 Å². The molecule has 0 aromatic carbocycles. The Morgan fingerprint density at radius 1 is 1.70 bits per heavy atom. The van der Waals surface area contributed by atoms with Gasteiger partial charge in [0.15, 0.2) is 10.6 Å². The van der Waals surface area contributed by atoms with Crippen molar-refractivity contribution in [2.75, 3.05) is 0 Å². The predicted molar refractivity (Wildman–Crippen MR) is 37.5 cm³/mol. The average Bonchev–Trinajstić information content (AvgIpc) is 1.88. The normalized spacial score (nSPS) is 15.3. The minimum absolute atomic E-state index is 0.111. The second kappa shape index (κ2) is 2.65. The molecule has 2 nitrogen and oxygen atoms in total. The van der Waals surface area contributed by atoms with Crippen LogP contribution in [0.2, 0.25) is 0 Å². The molecule has 1 N–H and O–H groups in total. The molecular formula is C7H4ClO2+. The van der Waals surface area contributed by atoms with Gasteiger partial charge < -0.3 is 5.11 Å². The molecule has 0 aromatic heterocycles. The van der Waals surface area contributed by atoms with Gasteiger partial charge in [0.05, 0.1) is 6.08 Å². The van der Waals surface area contributed by atoms with Crippen molar-refractivity contribution in [3.63, 3.8) is 0 Å². The van der Waals surface area contributed by atoms with Gasteiger partial charge in [-0.2, -0.15) is 0 Å². The van der Waals surface area contributed by atoms with Gasteiger partial charge >= 0.3 is 5.97 Å². The van der Waals surface area contributed by atoms with Crippen LogP contribution in [0.15, 0.2) is 28.8 Å². The maximum absolute atomic E-state index is 10.3. The Morgan fingerprint density at radius 3 is 2.80 bits per heavy atom. The Hall–Kier alpha value is -1.11. The lowest BCUT2D eigenvalue weighted by molar-refractivity contribution is -0.132. The van der Waals surface area contributed by atoms with Crippen molar-refractivity contribution in [2.24, 2.45) is 0 Å². The molecule has 0 spiro atoms. The molecule has 1 aliphatic rings. The molecular weight excluding hydrogens is 152 g/mol. The highest BCUT2D eigenvalue weighted by atomic mass is 35.5. The van der Waals surface area contributed by atoms with Crippen LogP contribution in [0.5, 0.6) is 0 Å². The Kier molecular flexibility index (Phi) is 1.86. The third-order valence-corrected chi connectivity index (χ3v) is 1.36. The van der Waals surface area contributed by atoms with Gasteiger partial charge in [-0.3, -0.25) is 0 Å². The molecule has 0 radical (unpaired) electrons. The molecule has 1 rings (SSSR count). The summed E-state index contributed by atoms with van der Waals surface area (Å²) in [6.07, 6.45) is 7.00. The van der Waals surface area contributed by atoms with Gasteiger partial charge in [-0.25, -0.2) is 4.79 Å². The van der Waals surface area contributed by atoms with Crippen LogP contribution in [0.4, 0.5) is 0 Å². The zero-order valence-electron chi connectivity index (χ0n) is 4.97. The number of carboxylic acids is 1. The van der Waals surface area contributed by atoms with Crippen molar-refractivity contribution < 1.29 is 9.90 Å². The highest BCUT2D eigenvalue weighted by molar-refractivity contribution is 6.33. The van der Waals surface area contributed by atoms with Crippen molar-refractivity contribution in [2.45, 2.75) is 0 Å². The van der Waals surface area contributed by atoms with Crippen molar-refractivity contribution in [1.29, 1.82) is 0 Å². The molecule has 0 saturated carbocycles. The van der Waals surface area contributed by atoms with E-state index in [4.69, 9.17) is 16.7 Å². The lowest BCUT2D eigenvalue weighted by Gasteiger charge is -1.89. The van der Waals surface area contributed by atoms with Gasteiger partial charge in [-0.15, -0.1) is 0 Å². The molecule has 0 bridgehead atoms. The van der Waals surface area contributed by atoms with Crippen molar-refractivity contribution >= 4 is 17.6 Å². The van der Waals surface area contributed by atoms with Crippen LogP contribution in [-0.2, 0) is 4.79 Å². The monoisotopic (exact) mass is 155 g/mol. The molecule has 3 heteroatoms. The fraction of sp³-hybridized carbons (Fsp3) is 0. The first kappa shape index (κ1) is 7.00. The summed E-state index contributed by atoms with van der Waals surface area (Å²) in [7, 11) is 0. The van der Waals surface area contributed by atoms with Crippen LogP contribution in [0.25, 0.3) is 0 Å². The van der Waals surface area contributed by atoms with E-state index in [9.17, 15) is 4.79 Å².